The van der Waals surface area contributed by atoms with E-state index in [0.29, 0.717) is 23.8 Å². The largest absolute Gasteiger partial charge is 0.376 e. The van der Waals surface area contributed by atoms with E-state index in [1.807, 2.05) is 0 Å². The number of amides is 3. The summed E-state index contributed by atoms with van der Waals surface area (Å²) in [5, 5.41) is 8.63. The smallest absolute Gasteiger partial charge is 0.319 e. The van der Waals surface area contributed by atoms with E-state index in [1.54, 1.807) is 24.3 Å². The van der Waals surface area contributed by atoms with Crippen LogP contribution in [0.25, 0.3) is 0 Å². The molecule has 1 aliphatic carbocycles. The highest BCUT2D eigenvalue weighted by molar-refractivity contribution is 5.95. The maximum Gasteiger partial charge on any atom is 0.319 e. The van der Waals surface area contributed by atoms with Gasteiger partial charge in [0.25, 0.3) is 5.91 Å². The van der Waals surface area contributed by atoms with Crippen LogP contribution in [0.1, 0.15) is 48.9 Å². The molecule has 0 unspecified atom stereocenters. The molecular formula is C18H25N3O3. The van der Waals surface area contributed by atoms with E-state index in [4.69, 9.17) is 4.74 Å². The lowest BCUT2D eigenvalue weighted by Crippen LogP contribution is -2.35. The molecule has 0 spiro atoms. The molecule has 3 N–H and O–H groups in total. The summed E-state index contributed by atoms with van der Waals surface area (Å²) in [7, 11) is 0. The predicted molar refractivity (Wildman–Crippen MR) is 92.2 cm³/mol. The first kappa shape index (κ1) is 16.8. The van der Waals surface area contributed by atoms with Crippen molar-refractivity contribution >= 4 is 17.6 Å². The first-order valence-corrected chi connectivity index (χ1v) is 8.78. The number of carbonyl (C=O) groups excluding carboxylic acids is 2. The minimum atomic E-state index is -0.256. The molecule has 1 heterocycles. The summed E-state index contributed by atoms with van der Waals surface area (Å²) in [5.41, 5.74) is 1.28. The summed E-state index contributed by atoms with van der Waals surface area (Å²) in [4.78, 5) is 24.0. The van der Waals surface area contributed by atoms with Gasteiger partial charge in [0, 0.05) is 30.4 Å². The number of ether oxygens (including phenoxy) is 1. The lowest BCUT2D eigenvalue weighted by Gasteiger charge is -2.13. The van der Waals surface area contributed by atoms with Gasteiger partial charge in [-0.05, 0) is 49.9 Å². The fourth-order valence-electron chi connectivity index (χ4n) is 3.23. The van der Waals surface area contributed by atoms with E-state index in [-0.39, 0.29) is 18.0 Å². The molecule has 24 heavy (non-hydrogen) atoms. The maximum absolute atomic E-state index is 12.2. The number of anilines is 1. The summed E-state index contributed by atoms with van der Waals surface area (Å²) in [6.07, 6.45) is 6.68. The first-order valence-electron chi connectivity index (χ1n) is 8.78. The Bertz CT molecular complexity index is 561. The normalized spacial score (nSPS) is 20.8. The quantitative estimate of drug-likeness (QED) is 0.776. The van der Waals surface area contributed by atoms with Gasteiger partial charge in [0.05, 0.1) is 6.10 Å². The molecule has 3 amide bonds. The van der Waals surface area contributed by atoms with E-state index in [0.717, 1.165) is 32.3 Å². The minimum absolute atomic E-state index is 0.0451. The van der Waals surface area contributed by atoms with Crippen LogP contribution in [-0.2, 0) is 4.74 Å². The Hall–Kier alpha value is -2.08. The van der Waals surface area contributed by atoms with Crippen LogP contribution in [0, 0.1) is 0 Å². The van der Waals surface area contributed by atoms with Crippen molar-refractivity contribution in [2.75, 3.05) is 18.5 Å². The molecule has 0 aromatic heterocycles. The lowest BCUT2D eigenvalue weighted by atomic mass is 10.1. The number of urea groups is 1. The van der Waals surface area contributed by atoms with Gasteiger partial charge in [-0.3, -0.25) is 4.79 Å². The van der Waals surface area contributed by atoms with Crippen LogP contribution in [0.15, 0.2) is 24.3 Å². The zero-order chi connectivity index (χ0) is 16.8. The van der Waals surface area contributed by atoms with Crippen molar-refractivity contribution in [1.29, 1.82) is 0 Å². The molecule has 1 saturated carbocycles. The van der Waals surface area contributed by atoms with Crippen molar-refractivity contribution < 1.29 is 14.3 Å². The summed E-state index contributed by atoms with van der Waals surface area (Å²) >= 11 is 0. The van der Waals surface area contributed by atoms with E-state index in [2.05, 4.69) is 16.0 Å². The van der Waals surface area contributed by atoms with E-state index in [9.17, 15) is 9.59 Å². The number of nitrogens with one attached hydrogen (secondary N) is 3. The van der Waals surface area contributed by atoms with Gasteiger partial charge in [-0.1, -0.05) is 12.8 Å². The highest BCUT2D eigenvalue weighted by Gasteiger charge is 2.18. The van der Waals surface area contributed by atoms with Crippen molar-refractivity contribution in [3.05, 3.63) is 29.8 Å². The van der Waals surface area contributed by atoms with Crippen molar-refractivity contribution in [1.82, 2.24) is 10.6 Å². The third kappa shape index (κ3) is 4.71. The zero-order valence-electron chi connectivity index (χ0n) is 13.8. The Kier molecular flexibility index (Phi) is 5.69. The van der Waals surface area contributed by atoms with Crippen LogP contribution in [0.4, 0.5) is 10.5 Å². The molecule has 0 radical (unpaired) electrons. The number of carbonyl (C=O) groups is 2. The average molecular weight is 331 g/mol. The molecule has 2 fully saturated rings. The fraction of sp³-hybridized carbons (Fsp3) is 0.556. The van der Waals surface area contributed by atoms with Gasteiger partial charge in [-0.15, -0.1) is 0 Å². The van der Waals surface area contributed by atoms with Gasteiger partial charge >= 0.3 is 6.03 Å². The first-order chi connectivity index (χ1) is 11.7. The molecule has 1 aromatic rings. The monoisotopic (exact) mass is 331 g/mol. The maximum atomic E-state index is 12.2. The second-order valence-electron chi connectivity index (χ2n) is 6.50. The lowest BCUT2D eigenvalue weighted by molar-refractivity contribution is 0.0938. The molecule has 3 rings (SSSR count). The van der Waals surface area contributed by atoms with Crippen LogP contribution in [0.2, 0.25) is 0 Å². The van der Waals surface area contributed by atoms with Crippen molar-refractivity contribution in [2.45, 2.75) is 50.7 Å². The fourth-order valence-corrected chi connectivity index (χ4v) is 3.23. The summed E-state index contributed by atoms with van der Waals surface area (Å²) in [5.74, 6) is -0.0451. The molecular weight excluding hydrogens is 306 g/mol. The Morgan fingerprint density at radius 2 is 1.79 bits per heavy atom. The van der Waals surface area contributed by atoms with Crippen LogP contribution >= 0.6 is 0 Å². The molecule has 1 aromatic carbocycles. The zero-order valence-corrected chi connectivity index (χ0v) is 13.8. The Labute approximate surface area is 142 Å². The summed E-state index contributed by atoms with van der Waals surface area (Å²) in [6.45, 7) is 1.30. The van der Waals surface area contributed by atoms with Gasteiger partial charge in [-0.25, -0.2) is 4.79 Å². The average Bonchev–Trinajstić information content (AvgIpc) is 3.27. The van der Waals surface area contributed by atoms with Crippen molar-refractivity contribution in [3.8, 4) is 0 Å². The highest BCUT2D eigenvalue weighted by Crippen LogP contribution is 2.18. The van der Waals surface area contributed by atoms with E-state index >= 15 is 0 Å². The molecule has 6 heteroatoms. The third-order valence-electron chi connectivity index (χ3n) is 4.61. The van der Waals surface area contributed by atoms with Crippen molar-refractivity contribution in [2.24, 2.45) is 0 Å². The highest BCUT2D eigenvalue weighted by atomic mass is 16.5. The summed E-state index contributed by atoms with van der Waals surface area (Å²) < 4.78 is 5.46. The molecule has 6 nitrogen and oxygen atoms in total. The van der Waals surface area contributed by atoms with Crippen molar-refractivity contribution in [3.63, 3.8) is 0 Å². The molecule has 130 valence electrons. The minimum Gasteiger partial charge on any atom is -0.376 e. The molecule has 2 aliphatic rings. The van der Waals surface area contributed by atoms with Crippen LogP contribution < -0.4 is 16.0 Å². The van der Waals surface area contributed by atoms with Gasteiger partial charge in [0.2, 0.25) is 0 Å². The Morgan fingerprint density at radius 1 is 1.04 bits per heavy atom. The van der Waals surface area contributed by atoms with E-state index < -0.39 is 0 Å². The van der Waals surface area contributed by atoms with Crippen LogP contribution in [0.5, 0.6) is 0 Å². The molecule has 1 saturated heterocycles. The van der Waals surface area contributed by atoms with E-state index in [1.165, 1.54) is 12.8 Å². The molecule has 1 aliphatic heterocycles. The Balaban J connectivity index is 1.44. The topological polar surface area (TPSA) is 79.5 Å². The number of benzene rings is 1. The van der Waals surface area contributed by atoms with Gasteiger partial charge in [-0.2, -0.15) is 0 Å². The number of hydrogen-bond acceptors (Lipinski definition) is 3. The predicted octanol–water partition coefficient (Wildman–Crippen LogP) is 2.66. The standard InChI is InChI=1S/C18H25N3O3/c22-17(20-14-4-1-2-5-14)13-7-9-15(10-8-13)21-18(23)19-12-16-6-3-11-24-16/h7-10,14,16H,1-6,11-12H2,(H,20,22)(H2,19,21,23)/t16-/m1/s1. The summed E-state index contributed by atoms with van der Waals surface area (Å²) in [6, 6.07) is 7.01. The second-order valence-corrected chi connectivity index (χ2v) is 6.50. The van der Waals surface area contributed by atoms with Crippen LogP contribution in [0.3, 0.4) is 0 Å². The SMILES string of the molecule is O=C(NC[C@H]1CCCO1)Nc1ccc(C(=O)NC2CCCC2)cc1. The number of rotatable bonds is 5. The molecule has 1 atom stereocenters. The van der Waals surface area contributed by atoms with Gasteiger partial charge < -0.3 is 20.7 Å². The van der Waals surface area contributed by atoms with Gasteiger partial charge in [0.1, 0.15) is 0 Å². The third-order valence-corrected chi connectivity index (χ3v) is 4.61. The number of hydrogen-bond donors (Lipinski definition) is 3. The second kappa shape index (κ2) is 8.15. The van der Waals surface area contributed by atoms with Gasteiger partial charge in [0.15, 0.2) is 0 Å². The molecule has 0 bridgehead atoms. The van der Waals surface area contributed by atoms with Crippen LogP contribution in [-0.4, -0.2) is 37.2 Å². The Morgan fingerprint density at radius 3 is 2.46 bits per heavy atom.